The summed E-state index contributed by atoms with van der Waals surface area (Å²) in [4.78, 5) is 14.4. The SMILES string of the molecule is CCN(CC)C(=O)Oc1ccc2c(ccn2Cc2cc(OC)cc(OC)c2)c1-c1ccc(C#N)cc1. The Labute approximate surface area is 211 Å². The first kappa shape index (κ1) is 24.7. The normalized spacial score (nSPS) is 10.6. The molecule has 0 radical (unpaired) electrons. The molecular formula is C29H29N3O4. The quantitative estimate of drug-likeness (QED) is 0.303. The van der Waals surface area contributed by atoms with E-state index in [1.54, 1.807) is 31.3 Å². The summed E-state index contributed by atoms with van der Waals surface area (Å²) < 4.78 is 18.9. The summed E-state index contributed by atoms with van der Waals surface area (Å²) in [5, 5.41) is 10.2. The lowest BCUT2D eigenvalue weighted by Gasteiger charge is -2.20. The number of ether oxygens (including phenoxy) is 3. The standard InChI is InChI=1S/C29H29N3O4/c1-5-31(6-2)29(33)36-27-12-11-26-25(28(27)22-9-7-20(18-30)8-10-22)13-14-32(26)19-21-15-23(34-3)17-24(16-21)35-4/h7-17H,5-6,19H2,1-4H3. The zero-order valence-electron chi connectivity index (χ0n) is 20.9. The minimum absolute atomic E-state index is 0.392. The van der Waals surface area contributed by atoms with E-state index in [1.807, 2.05) is 68.6 Å². The highest BCUT2D eigenvalue weighted by molar-refractivity contribution is 5.99. The fourth-order valence-electron chi connectivity index (χ4n) is 4.28. The van der Waals surface area contributed by atoms with Gasteiger partial charge in [-0.3, -0.25) is 0 Å². The van der Waals surface area contributed by atoms with E-state index in [0.29, 0.717) is 30.9 Å². The number of benzene rings is 3. The van der Waals surface area contributed by atoms with Crippen molar-refractivity contribution in [3.63, 3.8) is 0 Å². The highest BCUT2D eigenvalue weighted by Crippen LogP contribution is 2.38. The molecule has 4 aromatic rings. The molecule has 36 heavy (non-hydrogen) atoms. The smallest absolute Gasteiger partial charge is 0.415 e. The number of rotatable bonds is 8. The van der Waals surface area contributed by atoms with Crippen molar-refractivity contribution >= 4 is 17.0 Å². The van der Waals surface area contributed by atoms with Crippen LogP contribution < -0.4 is 14.2 Å². The van der Waals surface area contributed by atoms with Crippen molar-refractivity contribution in [1.29, 1.82) is 5.26 Å². The predicted molar refractivity (Wildman–Crippen MR) is 140 cm³/mol. The van der Waals surface area contributed by atoms with E-state index in [-0.39, 0.29) is 0 Å². The predicted octanol–water partition coefficient (Wildman–Crippen LogP) is 6.09. The largest absolute Gasteiger partial charge is 0.497 e. The van der Waals surface area contributed by atoms with Crippen molar-refractivity contribution in [3.8, 4) is 34.4 Å². The molecule has 0 unspecified atom stereocenters. The third-order valence-electron chi connectivity index (χ3n) is 6.20. The van der Waals surface area contributed by atoms with E-state index in [2.05, 4.69) is 10.6 Å². The Balaban J connectivity index is 1.81. The summed E-state index contributed by atoms with van der Waals surface area (Å²) in [6.45, 7) is 5.56. The molecule has 1 amide bonds. The zero-order valence-corrected chi connectivity index (χ0v) is 20.9. The number of hydrogen-bond donors (Lipinski definition) is 0. The lowest BCUT2D eigenvalue weighted by molar-refractivity contribution is 0.157. The van der Waals surface area contributed by atoms with Gasteiger partial charge in [0.1, 0.15) is 17.2 Å². The van der Waals surface area contributed by atoms with E-state index in [4.69, 9.17) is 14.2 Å². The van der Waals surface area contributed by atoms with E-state index < -0.39 is 6.09 Å². The van der Waals surface area contributed by atoms with Gasteiger partial charge < -0.3 is 23.7 Å². The summed E-state index contributed by atoms with van der Waals surface area (Å²) in [7, 11) is 3.27. The van der Waals surface area contributed by atoms with Crippen molar-refractivity contribution in [3.05, 3.63) is 78.0 Å². The molecule has 0 bridgehead atoms. The average Bonchev–Trinajstić information content (AvgIpc) is 3.31. The Hall–Kier alpha value is -4.44. The van der Waals surface area contributed by atoms with Gasteiger partial charge in [-0.2, -0.15) is 5.26 Å². The summed E-state index contributed by atoms with van der Waals surface area (Å²) in [6, 6.07) is 21.1. The van der Waals surface area contributed by atoms with Crippen LogP contribution in [0.5, 0.6) is 17.2 Å². The van der Waals surface area contributed by atoms with Crippen LogP contribution in [0.1, 0.15) is 25.0 Å². The van der Waals surface area contributed by atoms with Gasteiger partial charge in [-0.15, -0.1) is 0 Å². The molecule has 4 rings (SSSR count). The molecule has 0 spiro atoms. The van der Waals surface area contributed by atoms with Crippen molar-refractivity contribution < 1.29 is 19.0 Å². The van der Waals surface area contributed by atoms with Gasteiger partial charge in [0.05, 0.1) is 25.9 Å². The second kappa shape index (κ2) is 10.9. The van der Waals surface area contributed by atoms with E-state index in [1.165, 1.54) is 0 Å². The van der Waals surface area contributed by atoms with Gasteiger partial charge in [-0.05, 0) is 67.4 Å². The lowest BCUT2D eigenvalue weighted by atomic mass is 9.99. The first-order valence-electron chi connectivity index (χ1n) is 11.8. The summed E-state index contributed by atoms with van der Waals surface area (Å²) in [5.41, 5.74) is 4.25. The molecule has 7 heteroatoms. The fourth-order valence-corrected chi connectivity index (χ4v) is 4.28. The zero-order chi connectivity index (χ0) is 25.7. The van der Waals surface area contributed by atoms with Crippen LogP contribution >= 0.6 is 0 Å². The molecule has 1 heterocycles. The third kappa shape index (κ3) is 4.98. The minimum atomic E-state index is -0.392. The number of hydrogen-bond acceptors (Lipinski definition) is 5. The molecule has 0 saturated heterocycles. The molecule has 0 fully saturated rings. The van der Waals surface area contributed by atoms with Crippen LogP contribution in [0.15, 0.2) is 66.9 Å². The average molecular weight is 484 g/mol. The molecule has 0 aliphatic carbocycles. The van der Waals surface area contributed by atoms with Crippen LogP contribution in [0.2, 0.25) is 0 Å². The van der Waals surface area contributed by atoms with Crippen molar-refractivity contribution in [1.82, 2.24) is 9.47 Å². The Bertz CT molecular complexity index is 1390. The highest BCUT2D eigenvalue weighted by Gasteiger charge is 2.19. The second-order valence-corrected chi connectivity index (χ2v) is 8.27. The molecular weight excluding hydrogens is 454 g/mol. The Kier molecular flexibility index (Phi) is 7.45. The van der Waals surface area contributed by atoms with Crippen molar-refractivity contribution in [2.24, 2.45) is 0 Å². The Morgan fingerprint density at radius 1 is 0.944 bits per heavy atom. The molecule has 7 nitrogen and oxygen atoms in total. The van der Waals surface area contributed by atoms with Crippen LogP contribution in [0.4, 0.5) is 4.79 Å². The number of amides is 1. The number of nitrogens with zero attached hydrogens (tertiary/aromatic N) is 3. The van der Waals surface area contributed by atoms with Crippen LogP contribution in [0, 0.1) is 11.3 Å². The fraction of sp³-hybridized carbons (Fsp3) is 0.241. The third-order valence-corrected chi connectivity index (χ3v) is 6.20. The van der Waals surface area contributed by atoms with Gasteiger partial charge in [0.2, 0.25) is 0 Å². The first-order chi connectivity index (χ1) is 17.5. The molecule has 0 saturated carbocycles. The molecule has 3 aromatic carbocycles. The monoisotopic (exact) mass is 483 g/mol. The molecule has 0 N–H and O–H groups in total. The van der Waals surface area contributed by atoms with Crippen molar-refractivity contribution in [2.75, 3.05) is 27.3 Å². The van der Waals surface area contributed by atoms with Crippen LogP contribution in [-0.2, 0) is 6.54 Å². The van der Waals surface area contributed by atoms with Gasteiger partial charge in [0, 0.05) is 48.4 Å². The minimum Gasteiger partial charge on any atom is -0.497 e. The number of carbonyl (C=O) groups is 1. The van der Waals surface area contributed by atoms with Crippen LogP contribution in [0.25, 0.3) is 22.0 Å². The van der Waals surface area contributed by atoms with Crippen LogP contribution in [-0.4, -0.2) is 42.9 Å². The number of carbonyl (C=O) groups excluding carboxylic acids is 1. The number of fused-ring (bicyclic) bond motifs is 1. The Morgan fingerprint density at radius 2 is 1.61 bits per heavy atom. The number of methoxy groups -OCH3 is 2. The summed E-state index contributed by atoms with van der Waals surface area (Å²) >= 11 is 0. The van der Waals surface area contributed by atoms with E-state index in [0.717, 1.165) is 39.1 Å². The molecule has 184 valence electrons. The van der Waals surface area contributed by atoms with Gasteiger partial charge in [0.15, 0.2) is 0 Å². The topological polar surface area (TPSA) is 76.7 Å². The maximum Gasteiger partial charge on any atom is 0.415 e. The van der Waals surface area contributed by atoms with Gasteiger partial charge in [-0.25, -0.2) is 4.79 Å². The maximum atomic E-state index is 12.8. The van der Waals surface area contributed by atoms with Crippen molar-refractivity contribution in [2.45, 2.75) is 20.4 Å². The van der Waals surface area contributed by atoms with E-state index >= 15 is 0 Å². The second-order valence-electron chi connectivity index (χ2n) is 8.27. The van der Waals surface area contributed by atoms with E-state index in [9.17, 15) is 10.1 Å². The Morgan fingerprint density at radius 3 is 2.19 bits per heavy atom. The molecule has 0 aliphatic rings. The number of aromatic nitrogens is 1. The van der Waals surface area contributed by atoms with Gasteiger partial charge in [-0.1, -0.05) is 12.1 Å². The molecule has 0 atom stereocenters. The first-order valence-corrected chi connectivity index (χ1v) is 11.8. The van der Waals surface area contributed by atoms with Gasteiger partial charge >= 0.3 is 6.09 Å². The summed E-state index contributed by atoms with van der Waals surface area (Å²) in [5.74, 6) is 1.93. The molecule has 0 aliphatic heterocycles. The summed E-state index contributed by atoms with van der Waals surface area (Å²) in [6.07, 6.45) is 1.62. The highest BCUT2D eigenvalue weighted by atomic mass is 16.6. The molecule has 1 aromatic heterocycles. The maximum absolute atomic E-state index is 12.8. The lowest BCUT2D eigenvalue weighted by Crippen LogP contribution is -2.33. The number of nitriles is 1. The van der Waals surface area contributed by atoms with Crippen LogP contribution in [0.3, 0.4) is 0 Å². The van der Waals surface area contributed by atoms with Gasteiger partial charge in [0.25, 0.3) is 0 Å².